The maximum atomic E-state index is 12.4. The van der Waals surface area contributed by atoms with Gasteiger partial charge in [0.2, 0.25) is 5.91 Å². The maximum absolute atomic E-state index is 12.4. The number of hydrogen-bond donors (Lipinski definition) is 0. The lowest BCUT2D eigenvalue weighted by Crippen LogP contribution is -2.42. The van der Waals surface area contributed by atoms with Gasteiger partial charge in [0.1, 0.15) is 0 Å². The molecule has 2 aliphatic rings. The average molecular weight is 309 g/mol. The number of thiazole rings is 1. The summed E-state index contributed by atoms with van der Waals surface area (Å²) in [5.74, 6) is 0.730. The summed E-state index contributed by atoms with van der Waals surface area (Å²) in [6.07, 6.45) is 4.73. The molecule has 0 unspecified atom stereocenters. The third-order valence-corrected chi connectivity index (χ3v) is 5.26. The predicted molar refractivity (Wildman–Crippen MR) is 82.5 cm³/mol. The maximum Gasteiger partial charge on any atom is 0.223 e. The summed E-state index contributed by atoms with van der Waals surface area (Å²) >= 11 is 1.71. The van der Waals surface area contributed by atoms with Crippen LogP contribution >= 0.6 is 11.3 Å². The molecule has 0 aliphatic carbocycles. The van der Waals surface area contributed by atoms with E-state index < -0.39 is 0 Å². The Kier molecular flexibility index (Phi) is 5.22. The molecule has 2 fully saturated rings. The smallest absolute Gasteiger partial charge is 0.223 e. The van der Waals surface area contributed by atoms with Crippen molar-refractivity contribution >= 4 is 17.2 Å². The molecule has 1 aromatic rings. The molecule has 0 N–H and O–H groups in total. The van der Waals surface area contributed by atoms with Crippen molar-refractivity contribution in [2.45, 2.75) is 25.2 Å². The lowest BCUT2D eigenvalue weighted by Gasteiger charge is -2.33. The molecule has 116 valence electrons. The van der Waals surface area contributed by atoms with Crippen LogP contribution in [-0.2, 0) is 9.53 Å². The van der Waals surface area contributed by atoms with Crippen LogP contribution in [0.1, 0.15) is 30.2 Å². The first-order valence-electron chi connectivity index (χ1n) is 7.80. The molecular weight excluding hydrogens is 286 g/mol. The number of likely N-dealkylation sites (tertiary alicyclic amines) is 1. The zero-order chi connectivity index (χ0) is 14.5. The van der Waals surface area contributed by atoms with Crippen LogP contribution in [0.3, 0.4) is 0 Å². The molecule has 6 heteroatoms. The van der Waals surface area contributed by atoms with Crippen molar-refractivity contribution in [2.24, 2.45) is 0 Å². The van der Waals surface area contributed by atoms with E-state index >= 15 is 0 Å². The summed E-state index contributed by atoms with van der Waals surface area (Å²) in [4.78, 5) is 21.2. The van der Waals surface area contributed by atoms with Crippen LogP contribution in [0.5, 0.6) is 0 Å². The summed E-state index contributed by atoms with van der Waals surface area (Å²) in [6, 6.07) is 0. The van der Waals surface area contributed by atoms with Crippen LogP contribution in [0.2, 0.25) is 0 Å². The molecule has 0 radical (unpaired) electrons. The minimum atomic E-state index is 0.294. The van der Waals surface area contributed by atoms with E-state index in [0.717, 1.165) is 58.8 Å². The molecule has 1 atom stereocenters. The Hall–Kier alpha value is -0.980. The first-order valence-corrected chi connectivity index (χ1v) is 8.68. The molecule has 2 aliphatic heterocycles. The first-order chi connectivity index (χ1) is 10.3. The standard InChI is InChI=1S/C15H23N3O2S/c19-14(3-6-17-7-9-20-10-8-17)18-5-1-2-13(12-18)15-16-4-11-21-15/h4,11,13H,1-3,5-10,12H2/t13-/m0/s1. The van der Waals surface area contributed by atoms with Gasteiger partial charge in [0.25, 0.3) is 0 Å². The van der Waals surface area contributed by atoms with E-state index in [0.29, 0.717) is 18.2 Å². The normalized spacial score (nSPS) is 24.2. The number of nitrogens with zero attached hydrogens (tertiary/aromatic N) is 3. The average Bonchev–Trinajstić information content (AvgIpc) is 3.08. The van der Waals surface area contributed by atoms with E-state index in [1.807, 2.05) is 16.5 Å². The van der Waals surface area contributed by atoms with Crippen LogP contribution in [0.15, 0.2) is 11.6 Å². The van der Waals surface area contributed by atoms with Crippen LogP contribution in [0, 0.1) is 0 Å². The number of carbonyl (C=O) groups is 1. The fraction of sp³-hybridized carbons (Fsp3) is 0.733. The second-order valence-electron chi connectivity index (χ2n) is 5.75. The van der Waals surface area contributed by atoms with Crippen molar-refractivity contribution in [1.29, 1.82) is 0 Å². The highest BCUT2D eigenvalue weighted by molar-refractivity contribution is 7.09. The van der Waals surface area contributed by atoms with E-state index in [2.05, 4.69) is 9.88 Å². The third-order valence-electron chi connectivity index (χ3n) is 4.32. The second kappa shape index (κ2) is 7.33. The van der Waals surface area contributed by atoms with Gasteiger partial charge < -0.3 is 9.64 Å². The summed E-state index contributed by atoms with van der Waals surface area (Å²) in [7, 11) is 0. The predicted octanol–water partition coefficient (Wildman–Crippen LogP) is 1.57. The molecule has 3 rings (SSSR count). The Morgan fingerprint density at radius 1 is 1.38 bits per heavy atom. The minimum Gasteiger partial charge on any atom is -0.379 e. The van der Waals surface area contributed by atoms with Gasteiger partial charge in [0, 0.05) is 56.6 Å². The van der Waals surface area contributed by atoms with Crippen molar-refractivity contribution in [1.82, 2.24) is 14.8 Å². The SMILES string of the molecule is O=C(CCN1CCOCC1)N1CCC[C@H](c2nccs2)C1. The molecule has 0 saturated carbocycles. The van der Waals surface area contributed by atoms with Gasteiger partial charge in [-0.2, -0.15) is 0 Å². The van der Waals surface area contributed by atoms with Gasteiger partial charge in [-0.1, -0.05) is 0 Å². The molecule has 21 heavy (non-hydrogen) atoms. The van der Waals surface area contributed by atoms with Gasteiger partial charge in [-0.25, -0.2) is 4.98 Å². The Balaban J connectivity index is 1.47. The number of rotatable bonds is 4. The van der Waals surface area contributed by atoms with Gasteiger partial charge >= 0.3 is 0 Å². The van der Waals surface area contributed by atoms with E-state index in [9.17, 15) is 4.79 Å². The monoisotopic (exact) mass is 309 g/mol. The number of carbonyl (C=O) groups excluding carboxylic acids is 1. The highest BCUT2D eigenvalue weighted by Gasteiger charge is 2.26. The largest absolute Gasteiger partial charge is 0.379 e. The van der Waals surface area contributed by atoms with E-state index in [1.54, 1.807) is 11.3 Å². The molecule has 0 aromatic carbocycles. The number of morpholine rings is 1. The van der Waals surface area contributed by atoms with Crippen LogP contribution in [0.4, 0.5) is 0 Å². The molecule has 1 amide bonds. The van der Waals surface area contributed by atoms with Crippen molar-refractivity contribution in [3.05, 3.63) is 16.6 Å². The summed E-state index contributed by atoms with van der Waals surface area (Å²) < 4.78 is 5.34. The molecular formula is C15H23N3O2S. The topological polar surface area (TPSA) is 45.7 Å². The number of piperidine rings is 1. The van der Waals surface area contributed by atoms with E-state index in [4.69, 9.17) is 4.74 Å². The highest BCUT2D eigenvalue weighted by atomic mass is 32.1. The third kappa shape index (κ3) is 4.02. The van der Waals surface area contributed by atoms with Gasteiger partial charge in [-0.15, -0.1) is 11.3 Å². The summed E-state index contributed by atoms with van der Waals surface area (Å²) in [5, 5.41) is 3.20. The highest BCUT2D eigenvalue weighted by Crippen LogP contribution is 2.28. The van der Waals surface area contributed by atoms with Crippen LogP contribution in [0.25, 0.3) is 0 Å². The van der Waals surface area contributed by atoms with E-state index in [-0.39, 0.29) is 0 Å². The molecule has 3 heterocycles. The van der Waals surface area contributed by atoms with Gasteiger partial charge in [0.15, 0.2) is 0 Å². The summed E-state index contributed by atoms with van der Waals surface area (Å²) in [5.41, 5.74) is 0. The van der Waals surface area contributed by atoms with Gasteiger partial charge in [0.05, 0.1) is 18.2 Å². The first kappa shape index (κ1) is 14.9. The molecule has 2 saturated heterocycles. The zero-order valence-corrected chi connectivity index (χ0v) is 13.2. The second-order valence-corrected chi connectivity index (χ2v) is 6.68. The minimum absolute atomic E-state index is 0.294. The van der Waals surface area contributed by atoms with Crippen molar-refractivity contribution < 1.29 is 9.53 Å². The van der Waals surface area contributed by atoms with Gasteiger partial charge in [-0.3, -0.25) is 9.69 Å². The fourth-order valence-electron chi connectivity index (χ4n) is 3.08. The molecule has 0 bridgehead atoms. The molecule has 1 aromatic heterocycles. The Morgan fingerprint density at radius 2 is 2.24 bits per heavy atom. The number of hydrogen-bond acceptors (Lipinski definition) is 5. The summed E-state index contributed by atoms with van der Waals surface area (Å²) in [6.45, 7) is 6.11. The van der Waals surface area contributed by atoms with E-state index in [1.165, 1.54) is 5.01 Å². The van der Waals surface area contributed by atoms with Crippen LogP contribution < -0.4 is 0 Å². The van der Waals surface area contributed by atoms with Crippen molar-refractivity contribution in [3.63, 3.8) is 0 Å². The Bertz CT molecular complexity index is 446. The quantitative estimate of drug-likeness (QED) is 0.847. The number of ether oxygens (including phenoxy) is 1. The van der Waals surface area contributed by atoms with Gasteiger partial charge in [-0.05, 0) is 12.8 Å². The van der Waals surface area contributed by atoms with Crippen LogP contribution in [-0.4, -0.2) is 66.6 Å². The lowest BCUT2D eigenvalue weighted by molar-refractivity contribution is -0.133. The van der Waals surface area contributed by atoms with Crippen molar-refractivity contribution in [2.75, 3.05) is 45.9 Å². The zero-order valence-electron chi connectivity index (χ0n) is 12.4. The Labute approximate surface area is 129 Å². The molecule has 5 nitrogen and oxygen atoms in total. The Morgan fingerprint density at radius 3 is 3.00 bits per heavy atom. The van der Waals surface area contributed by atoms with Crippen molar-refractivity contribution in [3.8, 4) is 0 Å². The molecule has 0 spiro atoms. The number of amides is 1. The fourth-order valence-corrected chi connectivity index (χ4v) is 3.85. The number of aromatic nitrogens is 1. The lowest BCUT2D eigenvalue weighted by atomic mass is 9.98.